The van der Waals surface area contributed by atoms with Gasteiger partial charge in [0.25, 0.3) is 0 Å². The van der Waals surface area contributed by atoms with Gasteiger partial charge in [0.05, 0.1) is 25.4 Å². The average Bonchev–Trinajstić information content (AvgIpc) is 3.51. The van der Waals surface area contributed by atoms with E-state index in [0.717, 1.165) is 38.5 Å². The molecule has 480 valence electrons. The molecule has 81 heavy (non-hydrogen) atoms. The van der Waals surface area contributed by atoms with Crippen molar-refractivity contribution in [3.8, 4) is 0 Å². The second-order valence-electron chi connectivity index (χ2n) is 25.4. The summed E-state index contributed by atoms with van der Waals surface area (Å²) < 4.78 is 11.3. The second-order valence-corrected chi connectivity index (χ2v) is 25.4. The Hall–Kier alpha value is -1.33. The van der Waals surface area contributed by atoms with Crippen molar-refractivity contribution in [1.82, 2.24) is 5.32 Å². The number of unbranched alkanes of at least 4 members (excludes halogenated alkanes) is 52. The molecule has 9 heteroatoms. The van der Waals surface area contributed by atoms with Gasteiger partial charge in [0.15, 0.2) is 6.29 Å². The molecule has 0 spiro atoms. The Morgan fingerprint density at radius 3 is 1.00 bits per heavy atom. The van der Waals surface area contributed by atoms with E-state index in [2.05, 4.69) is 31.3 Å². The lowest BCUT2D eigenvalue weighted by Gasteiger charge is -2.40. The van der Waals surface area contributed by atoms with E-state index in [1.807, 2.05) is 6.08 Å². The standard InChI is InChI=1S/C72H139NO8/c1-3-5-7-9-11-13-15-17-19-21-23-25-27-29-31-33-35-37-39-41-43-45-47-49-51-53-55-57-59-61-66(75)65(64-80-72-71(79)70(78)69(77)67(63-74)81-72)73-68(76)62-60-58-56-54-52-50-48-46-44-42-40-38-36-34-32-30-28-26-24-22-20-18-16-14-12-10-8-6-4-2/h22,24,59,61,65-67,69-72,74-75,77-79H,3-21,23,25-58,60,62-64H2,1-2H3,(H,73,76)/b24-22-,61-59+. The molecule has 1 fully saturated rings. The minimum absolute atomic E-state index is 0.168. The number of amides is 1. The predicted molar refractivity (Wildman–Crippen MR) is 346 cm³/mol. The maximum atomic E-state index is 13.1. The highest BCUT2D eigenvalue weighted by Gasteiger charge is 2.44. The molecule has 0 aromatic rings. The normalized spacial score (nSPS) is 18.4. The number of allylic oxidation sites excluding steroid dienone is 3. The summed E-state index contributed by atoms with van der Waals surface area (Å²) in [6.45, 7) is 3.84. The lowest BCUT2D eigenvalue weighted by molar-refractivity contribution is -0.302. The molecule has 0 aliphatic carbocycles. The number of hydrogen-bond donors (Lipinski definition) is 6. The third-order valence-corrected chi connectivity index (χ3v) is 17.5. The Balaban J connectivity index is 2.11. The summed E-state index contributed by atoms with van der Waals surface area (Å²) in [5, 5.41) is 54.8. The van der Waals surface area contributed by atoms with Crippen molar-refractivity contribution in [2.75, 3.05) is 13.2 Å². The molecular weight excluding hydrogens is 1010 g/mol. The van der Waals surface area contributed by atoms with Gasteiger partial charge in [-0.25, -0.2) is 0 Å². The van der Waals surface area contributed by atoms with Crippen LogP contribution in [0.25, 0.3) is 0 Å². The Morgan fingerprint density at radius 1 is 0.407 bits per heavy atom. The lowest BCUT2D eigenvalue weighted by Crippen LogP contribution is -2.60. The molecule has 0 saturated carbocycles. The van der Waals surface area contributed by atoms with Crippen LogP contribution in [-0.4, -0.2) is 87.5 Å². The first-order valence-electron chi connectivity index (χ1n) is 36.1. The van der Waals surface area contributed by atoms with Gasteiger partial charge in [-0.15, -0.1) is 0 Å². The summed E-state index contributed by atoms with van der Waals surface area (Å²) in [5.41, 5.74) is 0. The summed E-state index contributed by atoms with van der Waals surface area (Å²) in [5.74, 6) is -0.168. The molecule has 1 rings (SSSR count). The van der Waals surface area contributed by atoms with Crippen molar-refractivity contribution in [2.24, 2.45) is 0 Å². The van der Waals surface area contributed by atoms with Gasteiger partial charge in [-0.05, 0) is 44.9 Å². The molecule has 1 amide bonds. The van der Waals surface area contributed by atoms with Gasteiger partial charge in [0, 0.05) is 6.42 Å². The third-order valence-electron chi connectivity index (χ3n) is 17.5. The first-order valence-corrected chi connectivity index (χ1v) is 36.1. The fraction of sp³-hybridized carbons (Fsp3) is 0.931. The number of nitrogens with one attached hydrogen (secondary N) is 1. The molecular formula is C72H139NO8. The molecule has 6 N–H and O–H groups in total. The average molecular weight is 1150 g/mol. The van der Waals surface area contributed by atoms with E-state index in [0.29, 0.717) is 6.42 Å². The quantitative estimate of drug-likeness (QED) is 0.0261. The van der Waals surface area contributed by atoms with E-state index in [9.17, 15) is 30.3 Å². The zero-order valence-corrected chi connectivity index (χ0v) is 53.8. The summed E-state index contributed by atoms with van der Waals surface area (Å²) in [4.78, 5) is 13.1. The number of carbonyl (C=O) groups excluding carboxylic acids is 1. The van der Waals surface area contributed by atoms with E-state index in [-0.39, 0.29) is 12.5 Å². The Morgan fingerprint density at radius 2 is 0.691 bits per heavy atom. The van der Waals surface area contributed by atoms with Gasteiger partial charge in [0.1, 0.15) is 24.4 Å². The zero-order chi connectivity index (χ0) is 58.6. The minimum atomic E-state index is -1.57. The maximum Gasteiger partial charge on any atom is 0.220 e. The van der Waals surface area contributed by atoms with Crippen molar-refractivity contribution >= 4 is 5.91 Å². The third kappa shape index (κ3) is 50.5. The van der Waals surface area contributed by atoms with Crippen LogP contribution in [0.5, 0.6) is 0 Å². The van der Waals surface area contributed by atoms with E-state index < -0.39 is 49.5 Å². The fourth-order valence-corrected chi connectivity index (χ4v) is 11.9. The van der Waals surface area contributed by atoms with Gasteiger partial charge in [-0.2, -0.15) is 0 Å². The predicted octanol–water partition coefficient (Wildman–Crippen LogP) is 19.6. The van der Waals surface area contributed by atoms with Gasteiger partial charge in [0.2, 0.25) is 5.91 Å². The Labute approximate surface area is 502 Å². The molecule has 1 aliphatic rings. The molecule has 0 aromatic carbocycles. The van der Waals surface area contributed by atoms with Crippen molar-refractivity contribution in [3.05, 3.63) is 24.3 Å². The highest BCUT2D eigenvalue weighted by Crippen LogP contribution is 2.24. The van der Waals surface area contributed by atoms with Gasteiger partial charge in [-0.1, -0.05) is 346 Å². The van der Waals surface area contributed by atoms with Crippen LogP contribution in [-0.2, 0) is 14.3 Å². The van der Waals surface area contributed by atoms with E-state index in [1.54, 1.807) is 6.08 Å². The fourth-order valence-electron chi connectivity index (χ4n) is 11.9. The number of ether oxygens (including phenoxy) is 2. The van der Waals surface area contributed by atoms with E-state index in [4.69, 9.17) is 9.47 Å². The van der Waals surface area contributed by atoms with Crippen molar-refractivity contribution in [3.63, 3.8) is 0 Å². The van der Waals surface area contributed by atoms with E-state index >= 15 is 0 Å². The number of carbonyl (C=O) groups is 1. The van der Waals surface area contributed by atoms with Gasteiger partial charge in [-0.3, -0.25) is 4.79 Å². The summed E-state index contributed by atoms with van der Waals surface area (Å²) >= 11 is 0. The first kappa shape index (κ1) is 77.7. The first-order chi connectivity index (χ1) is 39.8. The molecule has 9 nitrogen and oxygen atoms in total. The van der Waals surface area contributed by atoms with Crippen molar-refractivity contribution in [2.45, 2.75) is 416 Å². The van der Waals surface area contributed by atoms with Crippen LogP contribution in [0.4, 0.5) is 0 Å². The number of rotatable bonds is 64. The summed E-state index contributed by atoms with van der Waals surface area (Å²) in [6.07, 6.45) is 74.4. The second kappa shape index (κ2) is 61.7. The van der Waals surface area contributed by atoms with Crippen LogP contribution < -0.4 is 5.32 Å². The van der Waals surface area contributed by atoms with Crippen molar-refractivity contribution < 1.29 is 39.8 Å². The monoisotopic (exact) mass is 1150 g/mol. The highest BCUT2D eigenvalue weighted by atomic mass is 16.7. The smallest absolute Gasteiger partial charge is 0.220 e. The number of aliphatic hydroxyl groups is 5. The molecule has 0 bridgehead atoms. The van der Waals surface area contributed by atoms with E-state index in [1.165, 1.54) is 315 Å². The van der Waals surface area contributed by atoms with Crippen LogP contribution in [0.15, 0.2) is 24.3 Å². The summed E-state index contributed by atoms with van der Waals surface area (Å²) in [6, 6.07) is -0.804. The number of aliphatic hydroxyl groups excluding tert-OH is 5. The van der Waals surface area contributed by atoms with Gasteiger partial charge < -0.3 is 40.3 Å². The van der Waals surface area contributed by atoms with Crippen LogP contribution in [0, 0.1) is 0 Å². The van der Waals surface area contributed by atoms with Crippen LogP contribution in [0.1, 0.15) is 373 Å². The number of hydrogen-bond acceptors (Lipinski definition) is 8. The molecule has 0 radical (unpaired) electrons. The Bertz CT molecular complexity index is 1330. The molecule has 7 atom stereocenters. The molecule has 7 unspecified atom stereocenters. The SMILES string of the molecule is CCCCCCCCCC/C=C\CCCCCCCCCCCCCCCCCCCC(=O)NC(COC1OC(CO)C(O)C(O)C1O)C(O)/C=C/CCCCCCCCCCCCCCCCCCCCCCCCCCCCC. The highest BCUT2D eigenvalue weighted by molar-refractivity contribution is 5.76. The zero-order valence-electron chi connectivity index (χ0n) is 53.8. The lowest BCUT2D eigenvalue weighted by atomic mass is 9.99. The minimum Gasteiger partial charge on any atom is -0.394 e. The molecule has 1 aliphatic heterocycles. The van der Waals surface area contributed by atoms with Gasteiger partial charge >= 0.3 is 0 Å². The van der Waals surface area contributed by atoms with Crippen LogP contribution in [0.3, 0.4) is 0 Å². The maximum absolute atomic E-state index is 13.1. The molecule has 0 aromatic heterocycles. The topological polar surface area (TPSA) is 149 Å². The molecule has 1 heterocycles. The Kier molecular flexibility index (Phi) is 59.2. The van der Waals surface area contributed by atoms with Crippen LogP contribution >= 0.6 is 0 Å². The molecule has 1 saturated heterocycles. The largest absolute Gasteiger partial charge is 0.394 e. The van der Waals surface area contributed by atoms with Crippen LogP contribution in [0.2, 0.25) is 0 Å². The van der Waals surface area contributed by atoms with Crippen molar-refractivity contribution in [1.29, 1.82) is 0 Å². The summed E-state index contributed by atoms with van der Waals surface area (Å²) in [7, 11) is 0.